The van der Waals surface area contributed by atoms with Gasteiger partial charge in [0.1, 0.15) is 12.6 Å². The van der Waals surface area contributed by atoms with Gasteiger partial charge in [-0.3, -0.25) is 13.9 Å². The summed E-state index contributed by atoms with van der Waals surface area (Å²) in [6.07, 6.45) is 0.343. The highest BCUT2D eigenvalue weighted by molar-refractivity contribution is 7.92. The molecule has 1 atom stereocenters. The average molecular weight is 570 g/mol. The van der Waals surface area contributed by atoms with Gasteiger partial charge in [0.2, 0.25) is 11.8 Å². The molecule has 0 radical (unpaired) electrons. The lowest BCUT2D eigenvalue weighted by Crippen LogP contribution is -2.52. The van der Waals surface area contributed by atoms with Gasteiger partial charge in [-0.05, 0) is 75.1 Å². The summed E-state index contributed by atoms with van der Waals surface area (Å²) >= 11 is 6.42. The number of aryl methyl sites for hydroxylation is 2. The summed E-state index contributed by atoms with van der Waals surface area (Å²) in [7, 11) is -4.12. The minimum absolute atomic E-state index is 0.0549. The third-order valence-corrected chi connectivity index (χ3v) is 8.91. The monoisotopic (exact) mass is 569 g/mol. The first-order valence-electron chi connectivity index (χ1n) is 13.0. The van der Waals surface area contributed by atoms with Crippen LogP contribution in [0.1, 0.15) is 42.5 Å². The number of carbonyl (C=O) groups excluding carboxylic acids is 2. The Morgan fingerprint density at radius 2 is 1.59 bits per heavy atom. The van der Waals surface area contributed by atoms with Gasteiger partial charge in [-0.15, -0.1) is 0 Å². The Morgan fingerprint density at radius 3 is 2.21 bits per heavy atom. The minimum atomic E-state index is -4.12. The maximum Gasteiger partial charge on any atom is 0.264 e. The Bertz CT molecular complexity index is 1420. The number of halogens is 1. The van der Waals surface area contributed by atoms with Crippen LogP contribution >= 0.6 is 11.6 Å². The first-order chi connectivity index (χ1) is 18.5. The van der Waals surface area contributed by atoms with E-state index in [4.69, 9.17) is 11.6 Å². The Balaban J connectivity index is 2.12. The fourth-order valence-corrected chi connectivity index (χ4v) is 6.05. The first kappa shape index (κ1) is 30.2. The van der Waals surface area contributed by atoms with Crippen LogP contribution in [0.4, 0.5) is 5.69 Å². The van der Waals surface area contributed by atoms with Crippen LogP contribution in [0, 0.1) is 20.8 Å². The van der Waals surface area contributed by atoms with Crippen molar-refractivity contribution in [3.63, 3.8) is 0 Å². The average Bonchev–Trinajstić information content (AvgIpc) is 2.90. The molecular formula is C30H36ClN3O4S. The molecule has 0 aliphatic carbocycles. The van der Waals surface area contributed by atoms with Crippen molar-refractivity contribution in [3.05, 3.63) is 94.0 Å². The van der Waals surface area contributed by atoms with Gasteiger partial charge in [0.05, 0.1) is 10.6 Å². The van der Waals surface area contributed by atoms with E-state index in [1.165, 1.54) is 4.90 Å². The second-order valence-electron chi connectivity index (χ2n) is 9.48. The van der Waals surface area contributed by atoms with Gasteiger partial charge < -0.3 is 10.2 Å². The number of hydrogen-bond acceptors (Lipinski definition) is 4. The highest BCUT2D eigenvalue weighted by Crippen LogP contribution is 2.29. The second kappa shape index (κ2) is 13.1. The van der Waals surface area contributed by atoms with Crippen molar-refractivity contribution in [1.29, 1.82) is 0 Å². The molecule has 208 valence electrons. The molecule has 0 saturated heterocycles. The number of hydrogen-bond donors (Lipinski definition) is 1. The zero-order valence-electron chi connectivity index (χ0n) is 23.1. The fourth-order valence-electron chi connectivity index (χ4n) is 4.38. The lowest BCUT2D eigenvalue weighted by Gasteiger charge is -2.33. The number of benzene rings is 3. The summed E-state index contributed by atoms with van der Waals surface area (Å²) in [5.74, 6) is -0.815. The summed E-state index contributed by atoms with van der Waals surface area (Å²) in [6.45, 7) is 9.20. The molecule has 0 aromatic heterocycles. The molecule has 39 heavy (non-hydrogen) atoms. The van der Waals surface area contributed by atoms with E-state index in [2.05, 4.69) is 5.32 Å². The summed E-state index contributed by atoms with van der Waals surface area (Å²) in [5.41, 5.74) is 3.63. The quantitative estimate of drug-likeness (QED) is 0.335. The highest BCUT2D eigenvalue weighted by atomic mass is 35.5. The van der Waals surface area contributed by atoms with Gasteiger partial charge >= 0.3 is 0 Å². The number of rotatable bonds is 11. The lowest BCUT2D eigenvalue weighted by atomic mass is 10.1. The molecule has 2 amide bonds. The maximum absolute atomic E-state index is 14.1. The van der Waals surface area contributed by atoms with Crippen LogP contribution in [0.25, 0.3) is 0 Å². The zero-order valence-corrected chi connectivity index (χ0v) is 24.6. The van der Waals surface area contributed by atoms with Crippen molar-refractivity contribution >= 4 is 39.1 Å². The molecule has 0 unspecified atom stereocenters. The van der Waals surface area contributed by atoms with E-state index in [9.17, 15) is 18.0 Å². The van der Waals surface area contributed by atoms with Crippen LogP contribution in [-0.4, -0.2) is 44.3 Å². The molecule has 0 aliphatic rings. The van der Waals surface area contributed by atoms with Gasteiger partial charge in [0.25, 0.3) is 10.0 Å². The number of sulfonamides is 1. The first-order valence-corrected chi connectivity index (χ1v) is 14.8. The molecule has 9 heteroatoms. The molecule has 0 bridgehead atoms. The Hall–Kier alpha value is -3.36. The van der Waals surface area contributed by atoms with Crippen molar-refractivity contribution in [3.8, 4) is 0 Å². The Labute approximate surface area is 236 Å². The molecular weight excluding hydrogens is 534 g/mol. The van der Waals surface area contributed by atoms with Crippen LogP contribution in [-0.2, 0) is 26.2 Å². The smallest absolute Gasteiger partial charge is 0.264 e. The van der Waals surface area contributed by atoms with Crippen molar-refractivity contribution < 1.29 is 18.0 Å². The standard InChI is InChI=1S/C30H36ClN3O4S/c1-6-27(30(36)32-7-2)33(19-24-12-8-9-13-26(24)31)29(35)20-34(28-14-10-11-22(4)23(28)5)39(37,38)25-17-15-21(3)16-18-25/h8-18,27H,6-7,19-20H2,1-5H3,(H,32,36)/t27-/m0/s1. The van der Waals surface area contributed by atoms with Crippen LogP contribution in [0.5, 0.6) is 0 Å². The molecule has 0 heterocycles. The number of amides is 2. The lowest BCUT2D eigenvalue weighted by molar-refractivity contribution is -0.140. The number of likely N-dealkylation sites (N-methyl/N-ethyl adjacent to an activating group) is 1. The van der Waals surface area contributed by atoms with E-state index in [0.29, 0.717) is 29.2 Å². The molecule has 7 nitrogen and oxygen atoms in total. The van der Waals surface area contributed by atoms with E-state index in [1.807, 2.05) is 33.8 Å². The van der Waals surface area contributed by atoms with Crippen LogP contribution in [0.3, 0.4) is 0 Å². The van der Waals surface area contributed by atoms with E-state index < -0.39 is 28.5 Å². The van der Waals surface area contributed by atoms with E-state index in [0.717, 1.165) is 21.0 Å². The largest absolute Gasteiger partial charge is 0.355 e. The number of anilines is 1. The number of carbonyl (C=O) groups is 2. The second-order valence-corrected chi connectivity index (χ2v) is 11.7. The van der Waals surface area contributed by atoms with Gasteiger partial charge in [0.15, 0.2) is 0 Å². The van der Waals surface area contributed by atoms with Gasteiger partial charge in [-0.1, -0.05) is 66.6 Å². The summed E-state index contributed by atoms with van der Waals surface area (Å²) < 4.78 is 29.2. The predicted molar refractivity (Wildman–Crippen MR) is 156 cm³/mol. The third-order valence-electron chi connectivity index (χ3n) is 6.77. The van der Waals surface area contributed by atoms with Gasteiger partial charge in [-0.2, -0.15) is 0 Å². The van der Waals surface area contributed by atoms with Crippen LogP contribution in [0.15, 0.2) is 71.6 Å². The minimum Gasteiger partial charge on any atom is -0.355 e. The van der Waals surface area contributed by atoms with Crippen molar-refractivity contribution in [2.45, 2.75) is 58.5 Å². The van der Waals surface area contributed by atoms with E-state index in [-0.39, 0.29) is 17.3 Å². The number of nitrogens with zero attached hydrogens (tertiary/aromatic N) is 2. The summed E-state index contributed by atoms with van der Waals surface area (Å²) in [5, 5.41) is 3.26. The number of nitrogens with one attached hydrogen (secondary N) is 1. The molecule has 0 spiro atoms. The molecule has 0 aliphatic heterocycles. The van der Waals surface area contributed by atoms with Crippen molar-refractivity contribution in [1.82, 2.24) is 10.2 Å². The molecule has 1 N–H and O–H groups in total. The maximum atomic E-state index is 14.1. The van der Waals surface area contributed by atoms with Crippen molar-refractivity contribution in [2.75, 3.05) is 17.4 Å². The van der Waals surface area contributed by atoms with E-state index >= 15 is 0 Å². The summed E-state index contributed by atoms with van der Waals surface area (Å²) in [6, 6.07) is 18.2. The highest BCUT2D eigenvalue weighted by Gasteiger charge is 2.34. The third kappa shape index (κ3) is 6.99. The van der Waals surface area contributed by atoms with E-state index in [1.54, 1.807) is 67.6 Å². The Morgan fingerprint density at radius 1 is 0.923 bits per heavy atom. The molecule has 3 aromatic carbocycles. The van der Waals surface area contributed by atoms with Crippen LogP contribution in [0.2, 0.25) is 5.02 Å². The zero-order chi connectivity index (χ0) is 28.7. The topological polar surface area (TPSA) is 86.8 Å². The normalized spacial score (nSPS) is 12.1. The summed E-state index contributed by atoms with van der Waals surface area (Å²) in [4.78, 5) is 28.6. The Kier molecular flexibility index (Phi) is 10.2. The molecule has 0 saturated carbocycles. The van der Waals surface area contributed by atoms with Crippen molar-refractivity contribution in [2.24, 2.45) is 0 Å². The molecule has 3 aromatic rings. The van der Waals surface area contributed by atoms with Crippen LogP contribution < -0.4 is 9.62 Å². The fraction of sp³-hybridized carbons (Fsp3) is 0.333. The molecule has 3 rings (SSSR count). The van der Waals surface area contributed by atoms with Gasteiger partial charge in [-0.25, -0.2) is 8.42 Å². The predicted octanol–water partition coefficient (Wildman–Crippen LogP) is 5.40. The van der Waals surface area contributed by atoms with Gasteiger partial charge in [0, 0.05) is 18.1 Å². The molecule has 0 fully saturated rings. The SMILES string of the molecule is CCNC(=O)[C@H](CC)N(Cc1ccccc1Cl)C(=O)CN(c1cccc(C)c1C)S(=O)(=O)c1ccc(C)cc1.